The second-order valence-corrected chi connectivity index (χ2v) is 6.70. The Bertz CT molecular complexity index is 737. The Balaban J connectivity index is 2.10. The molecular weight excluding hydrogens is 310 g/mol. The van der Waals surface area contributed by atoms with Gasteiger partial charge in [0, 0.05) is 22.3 Å². The minimum atomic E-state index is -0.859. The van der Waals surface area contributed by atoms with Crippen molar-refractivity contribution in [2.45, 2.75) is 19.3 Å². The lowest BCUT2D eigenvalue weighted by molar-refractivity contribution is 0.284. The molecule has 0 heterocycles. The van der Waals surface area contributed by atoms with Crippen LogP contribution in [0.5, 0.6) is 11.5 Å². The smallest absolute Gasteiger partial charge is 0.161 e. The molecule has 0 aliphatic carbocycles. The summed E-state index contributed by atoms with van der Waals surface area (Å²) in [5.74, 6) is 2.39. The second-order valence-electron chi connectivity index (χ2n) is 4.96. The summed E-state index contributed by atoms with van der Waals surface area (Å²) >= 11 is 0. The number of methoxy groups -OCH3 is 1. The fourth-order valence-corrected chi connectivity index (χ4v) is 2.86. The standard InChI is InChI=1S/C18H19NO3S/c1-3-23(20)13-16-7-8-17(18(10-16)21-2)22-12-15-6-4-5-14(9-15)11-19/h4-10H,3,12-13H2,1-2H3. The molecule has 120 valence electrons. The molecular formula is C18H19NO3S. The Labute approximate surface area is 139 Å². The summed E-state index contributed by atoms with van der Waals surface area (Å²) in [6.07, 6.45) is 0. The van der Waals surface area contributed by atoms with E-state index in [0.29, 0.717) is 35.2 Å². The van der Waals surface area contributed by atoms with Crippen molar-refractivity contribution >= 4 is 10.8 Å². The molecule has 2 aromatic carbocycles. The van der Waals surface area contributed by atoms with Crippen molar-refractivity contribution in [2.24, 2.45) is 0 Å². The fourth-order valence-electron chi connectivity index (χ4n) is 2.10. The Kier molecular flexibility index (Phi) is 6.19. The first kappa shape index (κ1) is 17.0. The van der Waals surface area contributed by atoms with Gasteiger partial charge in [0.15, 0.2) is 11.5 Å². The summed E-state index contributed by atoms with van der Waals surface area (Å²) in [5, 5.41) is 8.92. The lowest BCUT2D eigenvalue weighted by Gasteiger charge is -2.12. The molecule has 0 aromatic heterocycles. The molecule has 2 aromatic rings. The number of hydrogen-bond donors (Lipinski definition) is 0. The molecule has 0 radical (unpaired) electrons. The van der Waals surface area contributed by atoms with Gasteiger partial charge in [0.05, 0.1) is 18.7 Å². The minimum Gasteiger partial charge on any atom is -0.493 e. The molecule has 0 aliphatic heterocycles. The molecule has 2 rings (SSSR count). The van der Waals surface area contributed by atoms with Crippen molar-refractivity contribution in [3.05, 3.63) is 59.2 Å². The van der Waals surface area contributed by atoms with E-state index >= 15 is 0 Å². The van der Waals surface area contributed by atoms with E-state index in [0.717, 1.165) is 11.1 Å². The van der Waals surface area contributed by atoms with Crippen LogP contribution in [0.25, 0.3) is 0 Å². The lowest BCUT2D eigenvalue weighted by atomic mass is 10.1. The van der Waals surface area contributed by atoms with E-state index < -0.39 is 10.8 Å². The predicted octanol–water partition coefficient (Wildman–Crippen LogP) is 3.41. The van der Waals surface area contributed by atoms with Crippen LogP contribution in [0.1, 0.15) is 23.6 Å². The van der Waals surface area contributed by atoms with Gasteiger partial charge in [-0.1, -0.05) is 25.1 Å². The van der Waals surface area contributed by atoms with Gasteiger partial charge in [0.25, 0.3) is 0 Å². The third-order valence-corrected chi connectivity index (χ3v) is 4.63. The van der Waals surface area contributed by atoms with Crippen molar-refractivity contribution in [1.82, 2.24) is 0 Å². The van der Waals surface area contributed by atoms with Crippen LogP contribution < -0.4 is 9.47 Å². The normalized spacial score (nSPS) is 11.5. The monoisotopic (exact) mass is 329 g/mol. The number of ether oxygens (including phenoxy) is 2. The van der Waals surface area contributed by atoms with Gasteiger partial charge in [0.1, 0.15) is 6.61 Å². The van der Waals surface area contributed by atoms with E-state index in [1.807, 2.05) is 37.3 Å². The molecule has 0 spiro atoms. The number of nitrogens with zero attached hydrogens (tertiary/aromatic N) is 1. The number of nitriles is 1. The first-order valence-electron chi connectivity index (χ1n) is 7.30. The van der Waals surface area contributed by atoms with Crippen LogP contribution in [-0.2, 0) is 23.2 Å². The first-order valence-corrected chi connectivity index (χ1v) is 8.78. The highest BCUT2D eigenvalue weighted by Crippen LogP contribution is 2.29. The fraction of sp³-hybridized carbons (Fsp3) is 0.278. The largest absolute Gasteiger partial charge is 0.493 e. The molecule has 5 heteroatoms. The summed E-state index contributed by atoms with van der Waals surface area (Å²) < 4.78 is 22.8. The van der Waals surface area contributed by atoms with E-state index in [9.17, 15) is 4.21 Å². The van der Waals surface area contributed by atoms with E-state index in [-0.39, 0.29) is 0 Å². The van der Waals surface area contributed by atoms with Gasteiger partial charge in [-0.05, 0) is 35.4 Å². The molecule has 0 aliphatic rings. The van der Waals surface area contributed by atoms with Crippen molar-refractivity contribution in [1.29, 1.82) is 5.26 Å². The van der Waals surface area contributed by atoms with Gasteiger partial charge in [-0.15, -0.1) is 0 Å². The van der Waals surface area contributed by atoms with Crippen LogP contribution >= 0.6 is 0 Å². The van der Waals surface area contributed by atoms with E-state index in [4.69, 9.17) is 14.7 Å². The number of hydrogen-bond acceptors (Lipinski definition) is 4. The van der Waals surface area contributed by atoms with Crippen LogP contribution in [-0.4, -0.2) is 17.1 Å². The van der Waals surface area contributed by atoms with Gasteiger partial charge in [-0.3, -0.25) is 4.21 Å². The molecule has 0 saturated heterocycles. The summed E-state index contributed by atoms with van der Waals surface area (Å²) in [6.45, 7) is 2.26. The maximum absolute atomic E-state index is 11.6. The number of rotatable bonds is 7. The van der Waals surface area contributed by atoms with Crippen molar-refractivity contribution in [3.63, 3.8) is 0 Å². The topological polar surface area (TPSA) is 59.3 Å². The van der Waals surface area contributed by atoms with Crippen LogP contribution in [0.2, 0.25) is 0 Å². The summed E-state index contributed by atoms with van der Waals surface area (Å²) in [7, 11) is 0.723. The van der Waals surface area contributed by atoms with Crippen LogP contribution in [0.3, 0.4) is 0 Å². The quantitative estimate of drug-likeness (QED) is 0.781. The third-order valence-electron chi connectivity index (χ3n) is 3.33. The van der Waals surface area contributed by atoms with Crippen LogP contribution in [0.15, 0.2) is 42.5 Å². The van der Waals surface area contributed by atoms with E-state index in [1.54, 1.807) is 19.2 Å². The summed E-state index contributed by atoms with van der Waals surface area (Å²) in [5.41, 5.74) is 2.48. The van der Waals surface area contributed by atoms with Gasteiger partial charge < -0.3 is 9.47 Å². The lowest BCUT2D eigenvalue weighted by Crippen LogP contribution is -2.01. The molecule has 1 atom stereocenters. The van der Waals surface area contributed by atoms with Crippen LogP contribution in [0, 0.1) is 11.3 Å². The molecule has 0 fully saturated rings. The third kappa shape index (κ3) is 4.83. The molecule has 4 nitrogen and oxygen atoms in total. The van der Waals surface area contributed by atoms with E-state index in [1.165, 1.54) is 0 Å². The molecule has 0 amide bonds. The molecule has 0 bridgehead atoms. The van der Waals surface area contributed by atoms with Gasteiger partial charge in [-0.25, -0.2) is 0 Å². The summed E-state index contributed by atoms with van der Waals surface area (Å²) in [6, 6.07) is 15.0. The highest BCUT2D eigenvalue weighted by atomic mass is 32.2. The maximum atomic E-state index is 11.6. The van der Waals surface area contributed by atoms with Crippen molar-refractivity contribution in [2.75, 3.05) is 12.9 Å². The van der Waals surface area contributed by atoms with Gasteiger partial charge >= 0.3 is 0 Å². The average molecular weight is 329 g/mol. The summed E-state index contributed by atoms with van der Waals surface area (Å²) in [4.78, 5) is 0. The number of benzene rings is 2. The zero-order valence-corrected chi connectivity index (χ0v) is 14.1. The molecule has 23 heavy (non-hydrogen) atoms. The molecule has 0 N–H and O–H groups in total. The first-order chi connectivity index (χ1) is 11.2. The maximum Gasteiger partial charge on any atom is 0.161 e. The Hall–Kier alpha value is -2.32. The predicted molar refractivity (Wildman–Crippen MR) is 90.9 cm³/mol. The highest BCUT2D eigenvalue weighted by Gasteiger charge is 2.08. The average Bonchev–Trinajstić information content (AvgIpc) is 2.60. The van der Waals surface area contributed by atoms with Crippen LogP contribution in [0.4, 0.5) is 0 Å². The Morgan fingerprint density at radius 3 is 2.65 bits per heavy atom. The second kappa shape index (κ2) is 8.35. The van der Waals surface area contributed by atoms with Gasteiger partial charge in [0.2, 0.25) is 0 Å². The zero-order valence-electron chi connectivity index (χ0n) is 13.2. The van der Waals surface area contributed by atoms with Crippen molar-refractivity contribution < 1.29 is 13.7 Å². The molecule has 0 saturated carbocycles. The Morgan fingerprint density at radius 2 is 1.96 bits per heavy atom. The highest BCUT2D eigenvalue weighted by molar-refractivity contribution is 7.84. The molecule has 1 unspecified atom stereocenters. The zero-order chi connectivity index (χ0) is 16.7. The van der Waals surface area contributed by atoms with E-state index in [2.05, 4.69) is 6.07 Å². The SMILES string of the molecule is CCS(=O)Cc1ccc(OCc2cccc(C#N)c2)c(OC)c1. The minimum absolute atomic E-state index is 0.353. The Morgan fingerprint density at radius 1 is 1.13 bits per heavy atom. The van der Waals surface area contributed by atoms with Crippen molar-refractivity contribution in [3.8, 4) is 17.6 Å². The van der Waals surface area contributed by atoms with Gasteiger partial charge in [-0.2, -0.15) is 5.26 Å².